The Morgan fingerprint density at radius 3 is 2.71 bits per heavy atom. The third-order valence-electron chi connectivity index (χ3n) is 2.99. The average Bonchev–Trinajstić information content (AvgIpc) is 2.30. The molecule has 1 aromatic rings. The number of aldehydes is 1. The van der Waals surface area contributed by atoms with Crippen molar-refractivity contribution in [3.8, 4) is 0 Å². The standard InChI is InChI=1S/C12H15NO/c14-9-10-6-12(8-13-7-10)11-4-2-1-3-5-11/h6-9,11H,1-5H2. The first-order chi connectivity index (χ1) is 6.90. The summed E-state index contributed by atoms with van der Waals surface area (Å²) in [6, 6.07) is 1.98. The zero-order valence-electron chi connectivity index (χ0n) is 8.28. The lowest BCUT2D eigenvalue weighted by Gasteiger charge is -2.21. The molecule has 0 saturated heterocycles. The molecule has 2 rings (SSSR count). The minimum Gasteiger partial charge on any atom is -0.298 e. The fourth-order valence-electron chi connectivity index (χ4n) is 2.20. The highest BCUT2D eigenvalue weighted by Gasteiger charge is 2.15. The Morgan fingerprint density at radius 1 is 1.21 bits per heavy atom. The second kappa shape index (κ2) is 4.36. The van der Waals surface area contributed by atoms with Crippen LogP contribution in [0, 0.1) is 0 Å². The molecule has 2 nitrogen and oxygen atoms in total. The highest BCUT2D eigenvalue weighted by molar-refractivity contribution is 5.74. The molecule has 1 fully saturated rings. The van der Waals surface area contributed by atoms with Crippen LogP contribution in [0.4, 0.5) is 0 Å². The van der Waals surface area contributed by atoms with E-state index in [-0.39, 0.29) is 0 Å². The topological polar surface area (TPSA) is 30.0 Å². The largest absolute Gasteiger partial charge is 0.298 e. The lowest BCUT2D eigenvalue weighted by molar-refractivity contribution is 0.112. The highest BCUT2D eigenvalue weighted by Crippen LogP contribution is 2.32. The minimum atomic E-state index is 0.635. The van der Waals surface area contributed by atoms with Crippen molar-refractivity contribution >= 4 is 6.29 Å². The summed E-state index contributed by atoms with van der Waals surface area (Å²) in [6.45, 7) is 0. The highest BCUT2D eigenvalue weighted by atomic mass is 16.1. The summed E-state index contributed by atoms with van der Waals surface area (Å²) in [6.07, 6.45) is 10.9. The quantitative estimate of drug-likeness (QED) is 0.669. The molecule has 0 N–H and O–H groups in total. The van der Waals surface area contributed by atoms with Crippen molar-refractivity contribution in [1.29, 1.82) is 0 Å². The first kappa shape index (κ1) is 9.38. The van der Waals surface area contributed by atoms with Crippen LogP contribution in [0.15, 0.2) is 18.5 Å². The van der Waals surface area contributed by atoms with Crippen LogP contribution in [0.25, 0.3) is 0 Å². The van der Waals surface area contributed by atoms with Gasteiger partial charge in [-0.05, 0) is 30.4 Å². The molecular weight excluding hydrogens is 174 g/mol. The molecular formula is C12H15NO. The Kier molecular flexibility index (Phi) is 2.92. The average molecular weight is 189 g/mol. The van der Waals surface area contributed by atoms with E-state index in [0.717, 1.165) is 6.29 Å². The summed E-state index contributed by atoms with van der Waals surface area (Å²) in [4.78, 5) is 14.7. The van der Waals surface area contributed by atoms with Crippen LogP contribution in [-0.2, 0) is 0 Å². The van der Waals surface area contributed by atoms with Crippen LogP contribution in [0.2, 0.25) is 0 Å². The Morgan fingerprint density at radius 2 is 2.00 bits per heavy atom. The van der Waals surface area contributed by atoms with Gasteiger partial charge < -0.3 is 0 Å². The lowest BCUT2D eigenvalue weighted by Crippen LogP contribution is -2.05. The molecule has 2 heteroatoms. The first-order valence-corrected chi connectivity index (χ1v) is 5.30. The molecule has 14 heavy (non-hydrogen) atoms. The second-order valence-electron chi connectivity index (χ2n) is 4.00. The minimum absolute atomic E-state index is 0.635. The van der Waals surface area contributed by atoms with Gasteiger partial charge >= 0.3 is 0 Å². The lowest BCUT2D eigenvalue weighted by atomic mass is 9.84. The van der Waals surface area contributed by atoms with Gasteiger partial charge in [-0.2, -0.15) is 0 Å². The number of aromatic nitrogens is 1. The van der Waals surface area contributed by atoms with Crippen LogP contribution in [0.1, 0.15) is 53.9 Å². The van der Waals surface area contributed by atoms with Crippen molar-refractivity contribution in [3.05, 3.63) is 29.6 Å². The Bertz CT molecular complexity index is 316. The van der Waals surface area contributed by atoms with Crippen molar-refractivity contribution in [2.24, 2.45) is 0 Å². The number of nitrogens with zero attached hydrogens (tertiary/aromatic N) is 1. The molecule has 0 amide bonds. The van der Waals surface area contributed by atoms with Gasteiger partial charge in [-0.3, -0.25) is 9.78 Å². The zero-order chi connectivity index (χ0) is 9.80. The molecule has 0 radical (unpaired) electrons. The van der Waals surface area contributed by atoms with Crippen molar-refractivity contribution < 1.29 is 4.79 Å². The van der Waals surface area contributed by atoms with Crippen LogP contribution in [0.3, 0.4) is 0 Å². The third-order valence-corrected chi connectivity index (χ3v) is 2.99. The molecule has 1 aliphatic carbocycles. The van der Waals surface area contributed by atoms with E-state index in [0.29, 0.717) is 11.5 Å². The number of rotatable bonds is 2. The molecule has 1 heterocycles. The van der Waals surface area contributed by atoms with Gasteiger partial charge in [-0.15, -0.1) is 0 Å². The molecule has 1 aromatic heterocycles. The summed E-state index contributed by atoms with van der Waals surface area (Å²) >= 11 is 0. The van der Waals surface area contributed by atoms with E-state index in [1.54, 1.807) is 6.20 Å². The van der Waals surface area contributed by atoms with Crippen molar-refractivity contribution in [2.75, 3.05) is 0 Å². The van der Waals surface area contributed by atoms with E-state index in [2.05, 4.69) is 4.98 Å². The number of carbonyl (C=O) groups excluding carboxylic acids is 1. The number of carbonyl (C=O) groups is 1. The van der Waals surface area contributed by atoms with Crippen LogP contribution in [-0.4, -0.2) is 11.3 Å². The van der Waals surface area contributed by atoms with Crippen LogP contribution in [0.5, 0.6) is 0 Å². The van der Waals surface area contributed by atoms with Crippen LogP contribution < -0.4 is 0 Å². The van der Waals surface area contributed by atoms with Gasteiger partial charge in [0.25, 0.3) is 0 Å². The number of pyridine rings is 1. The Labute approximate surface area is 84.4 Å². The van der Waals surface area contributed by atoms with Gasteiger partial charge in [0, 0.05) is 18.0 Å². The normalized spacial score (nSPS) is 18.0. The molecule has 1 aliphatic rings. The maximum Gasteiger partial charge on any atom is 0.151 e. The van der Waals surface area contributed by atoms with E-state index in [9.17, 15) is 4.79 Å². The van der Waals surface area contributed by atoms with Crippen LogP contribution >= 0.6 is 0 Å². The van der Waals surface area contributed by atoms with E-state index in [1.807, 2.05) is 12.3 Å². The number of hydrogen-bond donors (Lipinski definition) is 0. The monoisotopic (exact) mass is 189 g/mol. The van der Waals surface area contributed by atoms with Crippen molar-refractivity contribution in [3.63, 3.8) is 0 Å². The van der Waals surface area contributed by atoms with Gasteiger partial charge in [0.2, 0.25) is 0 Å². The van der Waals surface area contributed by atoms with Gasteiger partial charge in [0.15, 0.2) is 6.29 Å². The summed E-state index contributed by atoms with van der Waals surface area (Å²) in [5.74, 6) is 0.635. The molecule has 0 unspecified atom stereocenters. The maximum absolute atomic E-state index is 10.6. The Balaban J connectivity index is 2.17. The van der Waals surface area contributed by atoms with E-state index < -0.39 is 0 Å². The predicted octanol–water partition coefficient (Wildman–Crippen LogP) is 2.94. The van der Waals surface area contributed by atoms with E-state index in [1.165, 1.54) is 37.7 Å². The Hall–Kier alpha value is -1.18. The maximum atomic E-state index is 10.6. The fourth-order valence-corrected chi connectivity index (χ4v) is 2.20. The summed E-state index contributed by atoms with van der Waals surface area (Å²) in [7, 11) is 0. The van der Waals surface area contributed by atoms with Gasteiger partial charge in [0.1, 0.15) is 0 Å². The SMILES string of the molecule is O=Cc1cncc(C2CCCCC2)c1. The van der Waals surface area contributed by atoms with Crippen molar-refractivity contribution in [1.82, 2.24) is 4.98 Å². The molecule has 74 valence electrons. The molecule has 0 aromatic carbocycles. The zero-order valence-corrected chi connectivity index (χ0v) is 8.28. The molecule has 0 spiro atoms. The van der Waals surface area contributed by atoms with E-state index in [4.69, 9.17) is 0 Å². The second-order valence-corrected chi connectivity index (χ2v) is 4.00. The summed E-state index contributed by atoms with van der Waals surface area (Å²) in [5, 5.41) is 0. The summed E-state index contributed by atoms with van der Waals surface area (Å²) < 4.78 is 0. The van der Waals surface area contributed by atoms with Gasteiger partial charge in [-0.1, -0.05) is 19.3 Å². The molecule has 0 bridgehead atoms. The van der Waals surface area contributed by atoms with Crippen molar-refractivity contribution in [2.45, 2.75) is 38.0 Å². The smallest absolute Gasteiger partial charge is 0.151 e. The van der Waals surface area contributed by atoms with Gasteiger partial charge in [-0.25, -0.2) is 0 Å². The fraction of sp³-hybridized carbons (Fsp3) is 0.500. The molecule has 1 saturated carbocycles. The predicted molar refractivity (Wildman–Crippen MR) is 55.5 cm³/mol. The van der Waals surface area contributed by atoms with E-state index >= 15 is 0 Å². The first-order valence-electron chi connectivity index (χ1n) is 5.30. The molecule has 0 atom stereocenters. The third kappa shape index (κ3) is 2.00. The molecule has 0 aliphatic heterocycles. The van der Waals surface area contributed by atoms with Gasteiger partial charge in [0.05, 0.1) is 0 Å². The number of hydrogen-bond acceptors (Lipinski definition) is 2. The summed E-state index contributed by atoms with van der Waals surface area (Å²) in [5.41, 5.74) is 1.95.